The molecule has 2 aliphatic rings. The van der Waals surface area contributed by atoms with Gasteiger partial charge in [0.15, 0.2) is 0 Å². The molecule has 0 atom stereocenters. The average Bonchev–Trinajstić information content (AvgIpc) is 3.14. The van der Waals surface area contributed by atoms with Crippen LogP contribution in [0.2, 0.25) is 0 Å². The first-order valence-corrected chi connectivity index (χ1v) is 8.70. The van der Waals surface area contributed by atoms with E-state index >= 15 is 0 Å². The summed E-state index contributed by atoms with van der Waals surface area (Å²) in [4.78, 5) is 28.3. The van der Waals surface area contributed by atoms with Gasteiger partial charge in [0.05, 0.1) is 16.9 Å². The van der Waals surface area contributed by atoms with E-state index in [1.54, 1.807) is 6.92 Å². The predicted molar refractivity (Wildman–Crippen MR) is 94.5 cm³/mol. The van der Waals surface area contributed by atoms with Crippen molar-refractivity contribution >= 4 is 23.2 Å². The van der Waals surface area contributed by atoms with Crippen LogP contribution in [-0.4, -0.2) is 62.1 Å². The molecule has 0 unspecified atom stereocenters. The van der Waals surface area contributed by atoms with Crippen molar-refractivity contribution < 1.29 is 9.59 Å². The molecular formula is C17H21N7O2. The normalized spacial score (nSPS) is 18.3. The zero-order valence-corrected chi connectivity index (χ0v) is 14.6. The number of anilines is 2. The van der Waals surface area contributed by atoms with Gasteiger partial charge >= 0.3 is 0 Å². The molecule has 9 heteroatoms. The van der Waals surface area contributed by atoms with Crippen LogP contribution >= 0.6 is 0 Å². The Morgan fingerprint density at radius 3 is 2.69 bits per heavy atom. The third kappa shape index (κ3) is 3.00. The maximum atomic E-state index is 12.4. The molecular weight excluding hydrogens is 334 g/mol. The van der Waals surface area contributed by atoms with Gasteiger partial charge in [-0.25, -0.2) is 4.68 Å². The van der Waals surface area contributed by atoms with Crippen molar-refractivity contribution in [3.63, 3.8) is 0 Å². The number of para-hydroxylation sites is 2. The smallest absolute Gasteiger partial charge is 0.244 e. The monoisotopic (exact) mass is 355 g/mol. The standard InChI is InChI=1S/C17H21N7O2/c1-13(25)24-11-17(19-14-4-2-3-5-15(14)24)6-8-22(9-7-17)16(26)10-23-12-18-20-21-23/h2-5,12,19H,6-11H2,1H3. The number of tetrazole rings is 1. The van der Waals surface area contributed by atoms with Crippen LogP contribution in [-0.2, 0) is 16.1 Å². The molecule has 1 fully saturated rings. The van der Waals surface area contributed by atoms with Gasteiger partial charge in [-0.05, 0) is 35.4 Å². The van der Waals surface area contributed by atoms with E-state index in [-0.39, 0.29) is 23.9 Å². The topological polar surface area (TPSA) is 96.3 Å². The molecule has 0 saturated carbocycles. The summed E-state index contributed by atoms with van der Waals surface area (Å²) in [5.74, 6) is 0.0438. The van der Waals surface area contributed by atoms with Gasteiger partial charge in [-0.2, -0.15) is 0 Å². The number of aromatic nitrogens is 4. The lowest BCUT2D eigenvalue weighted by atomic mass is 9.84. The first-order chi connectivity index (χ1) is 12.6. The number of nitrogens with zero attached hydrogens (tertiary/aromatic N) is 6. The van der Waals surface area contributed by atoms with Gasteiger partial charge < -0.3 is 15.1 Å². The second-order valence-corrected chi connectivity index (χ2v) is 6.92. The molecule has 3 heterocycles. The summed E-state index contributed by atoms with van der Waals surface area (Å²) in [6.07, 6.45) is 3.01. The quantitative estimate of drug-likeness (QED) is 0.843. The number of amides is 2. The molecule has 0 radical (unpaired) electrons. The Kier molecular flexibility index (Phi) is 4.06. The van der Waals surface area contributed by atoms with E-state index in [2.05, 4.69) is 20.8 Å². The minimum atomic E-state index is -0.203. The van der Waals surface area contributed by atoms with E-state index in [4.69, 9.17) is 0 Å². The number of hydrogen-bond acceptors (Lipinski definition) is 6. The van der Waals surface area contributed by atoms with E-state index in [0.717, 1.165) is 24.2 Å². The number of hydrogen-bond donors (Lipinski definition) is 1. The number of carbonyl (C=O) groups excluding carboxylic acids is 2. The van der Waals surface area contributed by atoms with Gasteiger partial charge in [0.1, 0.15) is 12.9 Å². The van der Waals surface area contributed by atoms with E-state index < -0.39 is 0 Å². The van der Waals surface area contributed by atoms with E-state index in [9.17, 15) is 9.59 Å². The van der Waals surface area contributed by atoms with Crippen molar-refractivity contribution in [1.82, 2.24) is 25.1 Å². The van der Waals surface area contributed by atoms with Crippen LogP contribution < -0.4 is 10.2 Å². The summed E-state index contributed by atoms with van der Waals surface area (Å²) < 4.78 is 1.43. The van der Waals surface area contributed by atoms with Crippen molar-refractivity contribution in [3.8, 4) is 0 Å². The Morgan fingerprint density at radius 2 is 2.00 bits per heavy atom. The molecule has 4 rings (SSSR count). The summed E-state index contributed by atoms with van der Waals surface area (Å²) >= 11 is 0. The summed E-state index contributed by atoms with van der Waals surface area (Å²) in [6, 6.07) is 7.87. The Morgan fingerprint density at radius 1 is 1.23 bits per heavy atom. The number of piperidine rings is 1. The van der Waals surface area contributed by atoms with Crippen LogP contribution in [0.15, 0.2) is 30.6 Å². The number of benzene rings is 1. The minimum absolute atomic E-state index is 0.00628. The maximum Gasteiger partial charge on any atom is 0.244 e. The minimum Gasteiger partial charge on any atom is -0.376 e. The number of fused-ring (bicyclic) bond motifs is 1. The van der Waals surface area contributed by atoms with Crippen molar-refractivity contribution in [2.75, 3.05) is 29.9 Å². The third-order valence-electron chi connectivity index (χ3n) is 5.20. The van der Waals surface area contributed by atoms with Crippen molar-refractivity contribution in [2.45, 2.75) is 31.8 Å². The lowest BCUT2D eigenvalue weighted by molar-refractivity contribution is -0.133. The predicted octanol–water partition coefficient (Wildman–Crippen LogP) is 0.513. The highest BCUT2D eigenvalue weighted by atomic mass is 16.2. The Labute approximate surface area is 151 Å². The highest BCUT2D eigenvalue weighted by Gasteiger charge is 2.41. The van der Waals surface area contributed by atoms with Crippen molar-refractivity contribution in [2.24, 2.45) is 0 Å². The Balaban J connectivity index is 1.46. The average molecular weight is 355 g/mol. The van der Waals surface area contributed by atoms with Crippen LogP contribution in [0, 0.1) is 0 Å². The molecule has 2 aromatic rings. The van der Waals surface area contributed by atoms with E-state index in [0.29, 0.717) is 19.6 Å². The molecule has 1 spiro atoms. The molecule has 2 aliphatic heterocycles. The molecule has 1 aromatic heterocycles. The zero-order valence-electron chi connectivity index (χ0n) is 14.6. The van der Waals surface area contributed by atoms with Gasteiger partial charge in [-0.3, -0.25) is 9.59 Å². The summed E-state index contributed by atoms with van der Waals surface area (Å²) in [7, 11) is 0. The zero-order chi connectivity index (χ0) is 18.1. The highest BCUT2D eigenvalue weighted by Crippen LogP contribution is 2.39. The van der Waals surface area contributed by atoms with Gasteiger partial charge in [0, 0.05) is 26.6 Å². The molecule has 0 bridgehead atoms. The van der Waals surface area contributed by atoms with E-state index in [1.807, 2.05) is 34.1 Å². The second-order valence-electron chi connectivity index (χ2n) is 6.92. The lowest BCUT2D eigenvalue weighted by Crippen LogP contribution is -2.59. The van der Waals surface area contributed by atoms with Gasteiger partial charge in [0.25, 0.3) is 0 Å². The third-order valence-corrected chi connectivity index (χ3v) is 5.20. The van der Waals surface area contributed by atoms with Crippen LogP contribution in [0.5, 0.6) is 0 Å². The molecule has 2 amide bonds. The van der Waals surface area contributed by atoms with Crippen LogP contribution in [0.1, 0.15) is 19.8 Å². The maximum absolute atomic E-state index is 12.4. The van der Waals surface area contributed by atoms with E-state index in [1.165, 1.54) is 11.0 Å². The van der Waals surface area contributed by atoms with Crippen LogP contribution in [0.3, 0.4) is 0 Å². The summed E-state index contributed by atoms with van der Waals surface area (Å²) in [5.41, 5.74) is 1.69. The fourth-order valence-corrected chi connectivity index (χ4v) is 3.77. The summed E-state index contributed by atoms with van der Waals surface area (Å²) in [5, 5.41) is 14.5. The largest absolute Gasteiger partial charge is 0.376 e. The first-order valence-electron chi connectivity index (χ1n) is 8.70. The van der Waals surface area contributed by atoms with Crippen molar-refractivity contribution in [1.29, 1.82) is 0 Å². The highest BCUT2D eigenvalue weighted by molar-refractivity contribution is 5.96. The fraction of sp³-hybridized carbons (Fsp3) is 0.471. The summed E-state index contributed by atoms with van der Waals surface area (Å²) in [6.45, 7) is 3.65. The number of nitrogens with one attached hydrogen (secondary N) is 1. The lowest BCUT2D eigenvalue weighted by Gasteiger charge is -2.48. The van der Waals surface area contributed by atoms with Crippen LogP contribution in [0.4, 0.5) is 11.4 Å². The van der Waals surface area contributed by atoms with Crippen LogP contribution in [0.25, 0.3) is 0 Å². The molecule has 0 aliphatic carbocycles. The fourth-order valence-electron chi connectivity index (χ4n) is 3.77. The molecule has 9 nitrogen and oxygen atoms in total. The SMILES string of the molecule is CC(=O)N1CC2(CCN(C(=O)Cn3cnnn3)CC2)Nc2ccccc21. The Hall–Kier alpha value is -2.97. The second kappa shape index (κ2) is 6.40. The molecule has 136 valence electrons. The number of likely N-dealkylation sites (tertiary alicyclic amines) is 1. The number of rotatable bonds is 2. The van der Waals surface area contributed by atoms with Gasteiger partial charge in [-0.15, -0.1) is 5.10 Å². The molecule has 1 N–H and O–H groups in total. The van der Waals surface area contributed by atoms with Crippen molar-refractivity contribution in [3.05, 3.63) is 30.6 Å². The van der Waals surface area contributed by atoms with Gasteiger partial charge in [0.2, 0.25) is 11.8 Å². The Bertz CT molecular complexity index is 812. The number of carbonyl (C=O) groups is 2. The first kappa shape index (κ1) is 16.5. The molecule has 1 saturated heterocycles. The van der Waals surface area contributed by atoms with Gasteiger partial charge in [-0.1, -0.05) is 12.1 Å². The molecule has 1 aromatic carbocycles. The molecule has 26 heavy (non-hydrogen) atoms.